The van der Waals surface area contributed by atoms with Gasteiger partial charge in [-0.1, -0.05) is 71.2 Å². The van der Waals surface area contributed by atoms with Crippen molar-refractivity contribution in [1.29, 1.82) is 0 Å². The molecule has 4 rings (SSSR count). The Hall–Kier alpha value is -2.97. The summed E-state index contributed by atoms with van der Waals surface area (Å²) < 4.78 is 28.3. The Morgan fingerprint density at radius 1 is 0.895 bits per heavy atom. The molecule has 1 amide bonds. The van der Waals surface area contributed by atoms with Crippen LogP contribution in [0.5, 0.6) is 0 Å². The summed E-state index contributed by atoms with van der Waals surface area (Å²) in [5.74, 6) is 0.279. The molecular formula is C29H26Cl2N2O3S2. The predicted octanol–water partition coefficient (Wildman–Crippen LogP) is 7.74. The Bertz CT molecular complexity index is 1540. The lowest BCUT2D eigenvalue weighted by Crippen LogP contribution is -2.38. The van der Waals surface area contributed by atoms with Crippen molar-refractivity contribution in [3.8, 4) is 0 Å². The van der Waals surface area contributed by atoms with Gasteiger partial charge < -0.3 is 5.32 Å². The third-order valence-electron chi connectivity index (χ3n) is 5.79. The van der Waals surface area contributed by atoms with Gasteiger partial charge in [0.25, 0.3) is 10.0 Å². The number of thioether (sulfide) groups is 1. The summed E-state index contributed by atoms with van der Waals surface area (Å²) in [7, 11) is -4.12. The molecular weight excluding hydrogens is 559 g/mol. The molecule has 0 saturated carbocycles. The fourth-order valence-corrected chi connectivity index (χ4v) is 6.50. The smallest absolute Gasteiger partial charge is 0.264 e. The number of nitrogens with one attached hydrogen (secondary N) is 1. The first-order valence-electron chi connectivity index (χ1n) is 11.7. The van der Waals surface area contributed by atoms with Crippen molar-refractivity contribution in [3.63, 3.8) is 0 Å². The Labute approximate surface area is 237 Å². The van der Waals surface area contributed by atoms with E-state index in [1.165, 1.54) is 29.2 Å². The molecule has 0 aliphatic carbocycles. The number of rotatable bonds is 9. The van der Waals surface area contributed by atoms with Crippen LogP contribution in [0.15, 0.2) is 101 Å². The largest absolute Gasteiger partial charge is 0.324 e. The topological polar surface area (TPSA) is 66.5 Å². The summed E-state index contributed by atoms with van der Waals surface area (Å²) in [5.41, 5.74) is 3.63. The first-order valence-corrected chi connectivity index (χ1v) is 14.9. The van der Waals surface area contributed by atoms with Crippen LogP contribution >= 0.6 is 35.0 Å². The zero-order valence-corrected chi connectivity index (χ0v) is 24.0. The number of carbonyl (C=O) groups is 1. The van der Waals surface area contributed by atoms with Gasteiger partial charge in [-0.05, 0) is 73.5 Å². The summed E-state index contributed by atoms with van der Waals surface area (Å²) in [4.78, 5) is 14.4. The summed E-state index contributed by atoms with van der Waals surface area (Å²) in [6.07, 6.45) is 0. The van der Waals surface area contributed by atoms with Gasteiger partial charge in [0.1, 0.15) is 6.54 Å². The van der Waals surface area contributed by atoms with Crippen LogP contribution in [0.25, 0.3) is 0 Å². The number of aryl methyl sites for hydroxylation is 2. The van der Waals surface area contributed by atoms with Crippen molar-refractivity contribution >= 4 is 62.3 Å². The molecule has 0 saturated heterocycles. The Morgan fingerprint density at radius 2 is 1.61 bits per heavy atom. The number of carbonyl (C=O) groups excluding carboxylic acids is 1. The molecule has 9 heteroatoms. The Kier molecular flexibility index (Phi) is 9.05. The molecule has 5 nitrogen and oxygen atoms in total. The molecule has 0 spiro atoms. The molecule has 0 fully saturated rings. The van der Waals surface area contributed by atoms with Crippen molar-refractivity contribution < 1.29 is 13.2 Å². The average Bonchev–Trinajstić information content (AvgIpc) is 2.90. The van der Waals surface area contributed by atoms with E-state index in [1.54, 1.807) is 30.0 Å². The molecule has 38 heavy (non-hydrogen) atoms. The highest BCUT2D eigenvalue weighted by Crippen LogP contribution is 2.33. The number of hydrogen-bond acceptors (Lipinski definition) is 4. The lowest BCUT2D eigenvalue weighted by atomic mass is 10.1. The molecule has 4 aromatic rings. The van der Waals surface area contributed by atoms with Gasteiger partial charge in [0.2, 0.25) is 5.91 Å². The fraction of sp³-hybridized carbons (Fsp3) is 0.138. The normalized spacial score (nSPS) is 11.3. The van der Waals surface area contributed by atoms with Gasteiger partial charge in [0.05, 0.1) is 15.6 Å². The fourth-order valence-electron chi connectivity index (χ4n) is 3.77. The van der Waals surface area contributed by atoms with Crippen LogP contribution in [-0.2, 0) is 20.6 Å². The number of hydrogen-bond donors (Lipinski definition) is 1. The van der Waals surface area contributed by atoms with Gasteiger partial charge in [0.15, 0.2) is 0 Å². The van der Waals surface area contributed by atoms with Crippen LogP contribution in [0.4, 0.5) is 11.4 Å². The minimum absolute atomic E-state index is 0.0448. The second-order valence-electron chi connectivity index (χ2n) is 8.72. The first kappa shape index (κ1) is 28.0. The highest BCUT2D eigenvalue weighted by atomic mass is 35.5. The van der Waals surface area contributed by atoms with E-state index in [0.29, 0.717) is 10.7 Å². The molecule has 0 atom stereocenters. The number of amides is 1. The molecule has 0 radical (unpaired) electrons. The zero-order valence-electron chi connectivity index (χ0n) is 20.8. The second kappa shape index (κ2) is 12.3. The molecule has 0 aromatic heterocycles. The van der Waals surface area contributed by atoms with Crippen LogP contribution in [0, 0.1) is 13.8 Å². The number of sulfonamides is 1. The summed E-state index contributed by atoms with van der Waals surface area (Å²) in [6, 6.07) is 26.8. The van der Waals surface area contributed by atoms with E-state index < -0.39 is 22.5 Å². The van der Waals surface area contributed by atoms with Crippen molar-refractivity contribution in [1.82, 2.24) is 0 Å². The summed E-state index contributed by atoms with van der Waals surface area (Å²) >= 11 is 14.3. The van der Waals surface area contributed by atoms with Crippen molar-refractivity contribution in [2.75, 3.05) is 16.2 Å². The van der Waals surface area contributed by atoms with E-state index >= 15 is 0 Å². The van der Waals surface area contributed by atoms with E-state index in [9.17, 15) is 13.2 Å². The molecule has 0 unspecified atom stereocenters. The Balaban J connectivity index is 1.55. The van der Waals surface area contributed by atoms with E-state index in [0.717, 1.165) is 26.7 Å². The monoisotopic (exact) mass is 584 g/mol. The number of anilines is 2. The SMILES string of the molecule is Cc1ccc(S(=O)(=O)N(CC(=O)Nc2ccc(CSc3ccccc3)cc2C)c2cc(Cl)ccc2Cl)cc1. The quantitative estimate of drug-likeness (QED) is 0.204. The summed E-state index contributed by atoms with van der Waals surface area (Å²) in [5, 5.41) is 3.31. The second-order valence-corrected chi connectivity index (χ2v) is 12.5. The van der Waals surface area contributed by atoms with Crippen LogP contribution in [0.3, 0.4) is 0 Å². The highest BCUT2D eigenvalue weighted by Gasteiger charge is 2.29. The zero-order chi connectivity index (χ0) is 27.3. The van der Waals surface area contributed by atoms with Crippen LogP contribution in [0.2, 0.25) is 10.0 Å². The van der Waals surface area contributed by atoms with E-state index in [4.69, 9.17) is 23.2 Å². The molecule has 0 aliphatic rings. The van der Waals surface area contributed by atoms with Crippen LogP contribution in [-0.4, -0.2) is 20.9 Å². The van der Waals surface area contributed by atoms with Crippen LogP contribution < -0.4 is 9.62 Å². The molecule has 0 bridgehead atoms. The maximum Gasteiger partial charge on any atom is 0.264 e. The minimum Gasteiger partial charge on any atom is -0.324 e. The minimum atomic E-state index is -4.12. The average molecular weight is 586 g/mol. The molecule has 0 heterocycles. The lowest BCUT2D eigenvalue weighted by Gasteiger charge is -2.25. The molecule has 4 aromatic carbocycles. The lowest BCUT2D eigenvalue weighted by molar-refractivity contribution is -0.114. The van der Waals surface area contributed by atoms with E-state index in [-0.39, 0.29) is 15.6 Å². The van der Waals surface area contributed by atoms with Gasteiger partial charge in [-0.15, -0.1) is 11.8 Å². The third-order valence-corrected chi connectivity index (χ3v) is 9.20. The highest BCUT2D eigenvalue weighted by molar-refractivity contribution is 7.98. The maximum absolute atomic E-state index is 13.6. The maximum atomic E-state index is 13.6. The third kappa shape index (κ3) is 6.91. The van der Waals surface area contributed by atoms with Crippen molar-refractivity contribution in [2.24, 2.45) is 0 Å². The van der Waals surface area contributed by atoms with E-state index in [1.807, 2.05) is 50.2 Å². The van der Waals surface area contributed by atoms with Crippen molar-refractivity contribution in [3.05, 3.63) is 118 Å². The van der Waals surface area contributed by atoms with Gasteiger partial charge in [-0.2, -0.15) is 0 Å². The number of halogens is 2. The number of nitrogens with zero attached hydrogens (tertiary/aromatic N) is 1. The molecule has 1 N–H and O–H groups in total. The first-order chi connectivity index (χ1) is 18.1. The predicted molar refractivity (Wildman–Crippen MR) is 158 cm³/mol. The molecule has 196 valence electrons. The van der Waals surface area contributed by atoms with Gasteiger partial charge in [-0.3, -0.25) is 9.10 Å². The van der Waals surface area contributed by atoms with Crippen molar-refractivity contribution in [2.45, 2.75) is 29.4 Å². The number of benzene rings is 4. The standard InChI is InChI=1S/C29H26Cl2N2O3S2/c1-20-8-12-25(13-9-20)38(35,36)33(28-17-23(30)11-14-26(28)31)18-29(34)32-27-15-10-22(16-21(27)2)19-37-24-6-4-3-5-7-24/h3-17H,18-19H2,1-2H3,(H,32,34). The van der Waals surface area contributed by atoms with Crippen LogP contribution in [0.1, 0.15) is 16.7 Å². The summed E-state index contributed by atoms with van der Waals surface area (Å²) in [6.45, 7) is 3.28. The van der Waals surface area contributed by atoms with Gasteiger partial charge in [-0.25, -0.2) is 8.42 Å². The molecule has 0 aliphatic heterocycles. The Morgan fingerprint density at radius 3 is 2.29 bits per heavy atom. The van der Waals surface area contributed by atoms with E-state index in [2.05, 4.69) is 17.4 Å². The van der Waals surface area contributed by atoms with Gasteiger partial charge in [0, 0.05) is 21.4 Å². The van der Waals surface area contributed by atoms with Gasteiger partial charge >= 0.3 is 0 Å².